The van der Waals surface area contributed by atoms with Crippen molar-refractivity contribution in [2.24, 2.45) is 0 Å². The Hall–Kier alpha value is -1.08. The summed E-state index contributed by atoms with van der Waals surface area (Å²) in [4.78, 5) is 0. The van der Waals surface area contributed by atoms with Crippen molar-refractivity contribution in [2.45, 2.75) is 6.10 Å². The molecule has 1 aliphatic rings. The molecular weight excluding hydrogens is 124 g/mol. The Labute approximate surface area is 58.9 Å². The zero-order valence-corrected chi connectivity index (χ0v) is 5.49. The molecule has 0 unspecified atom stereocenters. The van der Waals surface area contributed by atoms with Crippen LogP contribution >= 0.6 is 0 Å². The van der Waals surface area contributed by atoms with Gasteiger partial charge in [0.1, 0.15) is 0 Å². The van der Waals surface area contributed by atoms with Crippen molar-refractivity contribution < 1.29 is 5.11 Å². The van der Waals surface area contributed by atoms with Gasteiger partial charge < -0.3 is 5.11 Å². The van der Waals surface area contributed by atoms with E-state index in [0.717, 1.165) is 10.4 Å². The molecule has 0 saturated heterocycles. The summed E-state index contributed by atoms with van der Waals surface area (Å²) < 4.78 is 0. The van der Waals surface area contributed by atoms with Crippen molar-refractivity contribution in [2.75, 3.05) is 0 Å². The molecule has 0 radical (unpaired) electrons. The van der Waals surface area contributed by atoms with Crippen LogP contribution in [0.1, 0.15) is 0 Å². The molecule has 0 fully saturated rings. The lowest BCUT2D eigenvalue weighted by atomic mass is 10.3. The van der Waals surface area contributed by atoms with E-state index in [0.29, 0.717) is 0 Å². The van der Waals surface area contributed by atoms with Gasteiger partial charge >= 0.3 is 0 Å². The Balaban J connectivity index is 2.83. The molecule has 1 aliphatic carbocycles. The quantitative estimate of drug-likeness (QED) is 0.510. The van der Waals surface area contributed by atoms with Crippen molar-refractivity contribution in [1.29, 1.82) is 0 Å². The minimum Gasteiger partial charge on any atom is -0.385 e. The van der Waals surface area contributed by atoms with Gasteiger partial charge in [-0.25, -0.2) is 0 Å². The van der Waals surface area contributed by atoms with Crippen molar-refractivity contribution in [3.05, 3.63) is 34.7 Å². The van der Waals surface area contributed by atoms with E-state index < -0.39 is 0 Å². The average molecular weight is 132 g/mol. The maximum Gasteiger partial charge on any atom is 0.0920 e. The lowest BCUT2D eigenvalue weighted by Gasteiger charge is -1.85. The fourth-order valence-corrected chi connectivity index (χ4v) is 1.23. The third-order valence-corrected chi connectivity index (χ3v) is 1.70. The monoisotopic (exact) mass is 132 g/mol. The molecule has 1 N–H and O–H groups in total. The van der Waals surface area contributed by atoms with Crippen LogP contribution in [0.25, 0.3) is 12.2 Å². The number of benzene rings is 1. The average Bonchev–Trinajstić information content (AvgIpc) is 2.27. The number of hydrogen-bond donors (Lipinski definition) is 1. The van der Waals surface area contributed by atoms with Crippen LogP contribution in [-0.4, -0.2) is 11.2 Å². The summed E-state index contributed by atoms with van der Waals surface area (Å²) >= 11 is 0. The van der Waals surface area contributed by atoms with Crippen LogP contribution < -0.4 is 10.4 Å². The summed E-state index contributed by atoms with van der Waals surface area (Å²) in [7, 11) is 0. The smallest absolute Gasteiger partial charge is 0.0920 e. The molecule has 0 saturated carbocycles. The number of fused-ring (bicyclic) bond motifs is 1. The van der Waals surface area contributed by atoms with Gasteiger partial charge in [-0.3, -0.25) is 0 Å². The standard InChI is InChI=1S/C9H8O/c10-9-5-7-3-1-2-4-8(7)6-9/h1-6,9-10H. The number of aliphatic hydroxyl groups excluding tert-OH is 1. The SMILES string of the molecule is OC1C=c2ccccc2=C1. The third kappa shape index (κ3) is 0.755. The van der Waals surface area contributed by atoms with Crippen LogP contribution in [0, 0.1) is 0 Å². The van der Waals surface area contributed by atoms with E-state index >= 15 is 0 Å². The summed E-state index contributed by atoms with van der Waals surface area (Å²) in [6, 6.07) is 7.95. The summed E-state index contributed by atoms with van der Waals surface area (Å²) in [6.45, 7) is 0. The first-order valence-electron chi connectivity index (χ1n) is 3.33. The van der Waals surface area contributed by atoms with Crippen LogP contribution in [0.15, 0.2) is 24.3 Å². The van der Waals surface area contributed by atoms with Crippen LogP contribution in [0.4, 0.5) is 0 Å². The first-order chi connectivity index (χ1) is 4.86. The van der Waals surface area contributed by atoms with E-state index in [9.17, 15) is 0 Å². The van der Waals surface area contributed by atoms with Crippen molar-refractivity contribution in [3.8, 4) is 0 Å². The fourth-order valence-electron chi connectivity index (χ4n) is 1.23. The molecule has 0 heterocycles. The van der Waals surface area contributed by atoms with E-state index in [-0.39, 0.29) is 6.10 Å². The van der Waals surface area contributed by atoms with Crippen LogP contribution in [0.2, 0.25) is 0 Å². The van der Waals surface area contributed by atoms with Gasteiger partial charge in [0.05, 0.1) is 6.10 Å². The van der Waals surface area contributed by atoms with E-state index in [4.69, 9.17) is 5.11 Å². The molecule has 0 atom stereocenters. The van der Waals surface area contributed by atoms with E-state index in [2.05, 4.69) is 0 Å². The molecule has 2 rings (SSSR count). The molecule has 1 aromatic rings. The Morgan fingerprint density at radius 2 is 1.50 bits per heavy atom. The van der Waals surface area contributed by atoms with Gasteiger partial charge in [0, 0.05) is 0 Å². The first-order valence-corrected chi connectivity index (χ1v) is 3.33. The third-order valence-electron chi connectivity index (χ3n) is 1.70. The summed E-state index contributed by atoms with van der Waals surface area (Å²) in [5.41, 5.74) is 0. The molecule has 1 aromatic carbocycles. The highest BCUT2D eigenvalue weighted by Crippen LogP contribution is 1.90. The van der Waals surface area contributed by atoms with Crippen LogP contribution in [-0.2, 0) is 0 Å². The van der Waals surface area contributed by atoms with Gasteiger partial charge in [-0.1, -0.05) is 24.3 Å². The Morgan fingerprint density at radius 3 is 2.00 bits per heavy atom. The molecule has 0 aliphatic heterocycles. The molecule has 50 valence electrons. The largest absolute Gasteiger partial charge is 0.385 e. The molecular formula is C9H8O. The van der Waals surface area contributed by atoms with Gasteiger partial charge in [0.25, 0.3) is 0 Å². The van der Waals surface area contributed by atoms with Gasteiger partial charge in [-0.15, -0.1) is 0 Å². The predicted octanol–water partition coefficient (Wildman–Crippen LogP) is -0.378. The molecule has 0 bridgehead atoms. The Kier molecular flexibility index (Phi) is 1.11. The molecule has 0 amide bonds. The van der Waals surface area contributed by atoms with Gasteiger partial charge in [0.15, 0.2) is 0 Å². The zero-order valence-electron chi connectivity index (χ0n) is 5.49. The maximum absolute atomic E-state index is 9.14. The fraction of sp³-hybridized carbons (Fsp3) is 0.111. The highest BCUT2D eigenvalue weighted by Gasteiger charge is 1.99. The second kappa shape index (κ2) is 1.96. The van der Waals surface area contributed by atoms with E-state index in [1.54, 1.807) is 0 Å². The van der Waals surface area contributed by atoms with Crippen molar-refractivity contribution in [1.82, 2.24) is 0 Å². The highest BCUT2D eigenvalue weighted by atomic mass is 16.3. The van der Waals surface area contributed by atoms with Gasteiger partial charge in [-0.05, 0) is 22.6 Å². The maximum atomic E-state index is 9.14. The molecule has 0 spiro atoms. The topological polar surface area (TPSA) is 20.2 Å². The molecule has 0 aromatic heterocycles. The minimum atomic E-state index is -0.377. The van der Waals surface area contributed by atoms with Gasteiger partial charge in [-0.2, -0.15) is 0 Å². The lowest BCUT2D eigenvalue weighted by Crippen LogP contribution is -2.19. The zero-order chi connectivity index (χ0) is 6.97. The molecule has 10 heavy (non-hydrogen) atoms. The summed E-state index contributed by atoms with van der Waals surface area (Å²) in [6.07, 6.45) is 3.31. The Morgan fingerprint density at radius 1 is 1.00 bits per heavy atom. The van der Waals surface area contributed by atoms with E-state index in [1.165, 1.54) is 0 Å². The van der Waals surface area contributed by atoms with Crippen LogP contribution in [0.5, 0.6) is 0 Å². The second-order valence-corrected chi connectivity index (χ2v) is 2.45. The van der Waals surface area contributed by atoms with Gasteiger partial charge in [0.2, 0.25) is 0 Å². The summed E-state index contributed by atoms with van der Waals surface area (Å²) in [5.74, 6) is 0. The summed E-state index contributed by atoms with van der Waals surface area (Å²) in [5, 5.41) is 11.4. The Bertz CT molecular complexity index is 316. The van der Waals surface area contributed by atoms with Crippen LogP contribution in [0.3, 0.4) is 0 Å². The highest BCUT2D eigenvalue weighted by molar-refractivity contribution is 5.52. The second-order valence-electron chi connectivity index (χ2n) is 2.45. The minimum absolute atomic E-state index is 0.377. The van der Waals surface area contributed by atoms with Crippen molar-refractivity contribution in [3.63, 3.8) is 0 Å². The number of aliphatic hydroxyl groups is 1. The first kappa shape index (κ1) is 5.69. The number of hydrogen-bond acceptors (Lipinski definition) is 1. The lowest BCUT2D eigenvalue weighted by molar-refractivity contribution is 0.301. The number of rotatable bonds is 0. The predicted molar refractivity (Wildman–Crippen MR) is 40.6 cm³/mol. The molecule has 1 heteroatoms. The molecule has 1 nitrogen and oxygen atoms in total. The van der Waals surface area contributed by atoms with Crippen molar-refractivity contribution >= 4 is 12.2 Å². The van der Waals surface area contributed by atoms with E-state index in [1.807, 2.05) is 36.4 Å². The normalized spacial score (nSPS) is 15.7.